The molecule has 7 heteroatoms. The van der Waals surface area contributed by atoms with Gasteiger partial charge in [-0.1, -0.05) is 6.92 Å². The second kappa shape index (κ2) is 6.45. The third-order valence-corrected chi connectivity index (χ3v) is 3.04. The van der Waals surface area contributed by atoms with Crippen LogP contribution in [0.3, 0.4) is 0 Å². The van der Waals surface area contributed by atoms with Crippen LogP contribution in [0, 0.1) is 0 Å². The van der Waals surface area contributed by atoms with Crippen molar-refractivity contribution < 1.29 is 14.3 Å². The Balaban J connectivity index is 1.89. The number of hydrogen-bond donors (Lipinski definition) is 3. The summed E-state index contributed by atoms with van der Waals surface area (Å²) in [6.07, 6.45) is 4.03. The first-order valence-electron chi connectivity index (χ1n) is 6.86. The Morgan fingerprint density at radius 3 is 3.00 bits per heavy atom. The number of urea groups is 1. The number of carbonyl (C=O) groups is 1. The van der Waals surface area contributed by atoms with Crippen molar-refractivity contribution in [1.82, 2.24) is 15.1 Å². The second-order valence-electron chi connectivity index (χ2n) is 5.00. The minimum absolute atomic E-state index is 0.0360. The maximum Gasteiger partial charge on any atom is 0.320 e. The summed E-state index contributed by atoms with van der Waals surface area (Å²) in [5.41, 5.74) is -1.26. The smallest absolute Gasteiger partial charge is 0.320 e. The van der Waals surface area contributed by atoms with Gasteiger partial charge in [0.2, 0.25) is 0 Å². The van der Waals surface area contributed by atoms with E-state index in [0.717, 1.165) is 13.0 Å². The zero-order valence-corrected chi connectivity index (χ0v) is 12.2. The van der Waals surface area contributed by atoms with Crippen molar-refractivity contribution in [2.75, 3.05) is 11.9 Å². The molecule has 0 fully saturated rings. The minimum atomic E-state index is -1.26. The normalized spacial score (nSPS) is 13.7. The molecule has 2 heterocycles. The maximum absolute atomic E-state index is 11.9. The second-order valence-corrected chi connectivity index (χ2v) is 5.00. The predicted octanol–water partition coefficient (Wildman–Crippen LogP) is 1.92. The lowest BCUT2D eigenvalue weighted by molar-refractivity contribution is 0.0372. The average Bonchev–Trinajstić information content (AvgIpc) is 3.10. The van der Waals surface area contributed by atoms with Crippen LogP contribution in [0.2, 0.25) is 0 Å². The Labute approximate surface area is 123 Å². The lowest BCUT2D eigenvalue weighted by Gasteiger charge is -2.21. The van der Waals surface area contributed by atoms with Crippen molar-refractivity contribution >= 4 is 11.8 Å². The Kier molecular flexibility index (Phi) is 4.64. The Morgan fingerprint density at radius 1 is 1.52 bits per heavy atom. The number of amides is 2. The zero-order chi connectivity index (χ0) is 15.3. The molecule has 0 saturated carbocycles. The van der Waals surface area contributed by atoms with Gasteiger partial charge in [-0.3, -0.25) is 5.32 Å². The number of nitrogens with one attached hydrogen (secondary N) is 2. The third kappa shape index (κ3) is 3.85. The number of carbonyl (C=O) groups excluding carboxylic acids is 1. The topological polar surface area (TPSA) is 92.3 Å². The average molecular weight is 292 g/mol. The van der Waals surface area contributed by atoms with E-state index in [1.165, 1.54) is 6.26 Å². The lowest BCUT2D eigenvalue weighted by Crippen LogP contribution is -2.40. The highest BCUT2D eigenvalue weighted by Gasteiger charge is 2.26. The summed E-state index contributed by atoms with van der Waals surface area (Å²) in [6, 6.07) is 4.67. The quantitative estimate of drug-likeness (QED) is 0.758. The molecule has 0 aromatic carbocycles. The lowest BCUT2D eigenvalue weighted by atomic mass is 10.0. The number of aryl methyl sites for hydroxylation is 1. The van der Waals surface area contributed by atoms with Crippen molar-refractivity contribution in [3.63, 3.8) is 0 Å². The largest absolute Gasteiger partial charge is 0.466 e. The van der Waals surface area contributed by atoms with Crippen LogP contribution in [-0.4, -0.2) is 27.5 Å². The number of anilines is 1. The molecule has 0 saturated heterocycles. The molecule has 2 aromatic heterocycles. The number of rotatable bonds is 6. The number of hydrogen-bond acceptors (Lipinski definition) is 4. The minimum Gasteiger partial charge on any atom is -0.466 e. The van der Waals surface area contributed by atoms with Gasteiger partial charge < -0.3 is 14.8 Å². The fourth-order valence-corrected chi connectivity index (χ4v) is 1.91. The summed E-state index contributed by atoms with van der Waals surface area (Å²) in [6.45, 7) is 4.38. The Morgan fingerprint density at radius 2 is 2.33 bits per heavy atom. The van der Waals surface area contributed by atoms with E-state index in [1.807, 2.05) is 6.92 Å². The van der Waals surface area contributed by atoms with Crippen LogP contribution < -0.4 is 10.6 Å². The van der Waals surface area contributed by atoms with Crippen molar-refractivity contribution in [2.45, 2.75) is 32.4 Å². The standard InChI is InChI=1S/C14H20N4O3/c1-3-8-18-12(6-7-16-18)17-13(19)15-10-14(2,20)11-5-4-9-21-11/h4-7,9,20H,3,8,10H2,1-2H3,(H2,15,17,19). The van der Waals surface area contributed by atoms with Gasteiger partial charge in [-0.15, -0.1) is 0 Å². The van der Waals surface area contributed by atoms with Crippen LogP contribution in [0.4, 0.5) is 10.6 Å². The molecule has 0 aliphatic carbocycles. The van der Waals surface area contributed by atoms with Crippen LogP contribution in [0.15, 0.2) is 35.1 Å². The van der Waals surface area contributed by atoms with Crippen molar-refractivity contribution in [3.8, 4) is 0 Å². The van der Waals surface area contributed by atoms with Crippen molar-refractivity contribution in [1.29, 1.82) is 0 Å². The van der Waals surface area contributed by atoms with E-state index < -0.39 is 11.6 Å². The number of aliphatic hydroxyl groups is 1. The van der Waals surface area contributed by atoms with Gasteiger partial charge in [-0.25, -0.2) is 9.48 Å². The zero-order valence-electron chi connectivity index (χ0n) is 12.2. The van der Waals surface area contributed by atoms with Gasteiger partial charge in [0.15, 0.2) is 0 Å². The van der Waals surface area contributed by atoms with Crippen LogP contribution >= 0.6 is 0 Å². The molecule has 1 atom stereocenters. The number of nitrogens with zero attached hydrogens (tertiary/aromatic N) is 2. The van der Waals surface area contributed by atoms with E-state index in [2.05, 4.69) is 15.7 Å². The fourth-order valence-electron chi connectivity index (χ4n) is 1.91. The van der Waals surface area contributed by atoms with Crippen LogP contribution in [0.1, 0.15) is 26.0 Å². The molecule has 0 spiro atoms. The van der Waals surface area contributed by atoms with Gasteiger partial charge >= 0.3 is 6.03 Å². The predicted molar refractivity (Wildman–Crippen MR) is 77.8 cm³/mol. The molecule has 2 rings (SSSR count). The first kappa shape index (κ1) is 15.1. The highest BCUT2D eigenvalue weighted by Crippen LogP contribution is 2.19. The summed E-state index contributed by atoms with van der Waals surface area (Å²) in [4.78, 5) is 11.9. The summed E-state index contributed by atoms with van der Waals surface area (Å²) in [7, 11) is 0. The first-order chi connectivity index (χ1) is 10.0. The molecule has 2 amide bonds. The van der Waals surface area contributed by atoms with Crippen LogP contribution in [0.25, 0.3) is 0 Å². The van der Waals surface area contributed by atoms with Crippen molar-refractivity contribution in [3.05, 3.63) is 36.4 Å². The van der Waals surface area contributed by atoms with Gasteiger partial charge in [0.1, 0.15) is 17.2 Å². The van der Waals surface area contributed by atoms with Crippen molar-refractivity contribution in [2.24, 2.45) is 0 Å². The highest BCUT2D eigenvalue weighted by atomic mass is 16.4. The van der Waals surface area contributed by atoms with E-state index in [0.29, 0.717) is 11.6 Å². The monoisotopic (exact) mass is 292 g/mol. The maximum atomic E-state index is 11.9. The molecule has 7 nitrogen and oxygen atoms in total. The summed E-state index contributed by atoms with van der Waals surface area (Å²) >= 11 is 0. The molecule has 0 aliphatic heterocycles. The molecule has 3 N–H and O–H groups in total. The fraction of sp³-hybridized carbons (Fsp3) is 0.429. The number of aromatic nitrogens is 2. The molecule has 21 heavy (non-hydrogen) atoms. The molecular weight excluding hydrogens is 272 g/mol. The molecule has 0 aliphatic rings. The molecule has 2 aromatic rings. The van der Waals surface area contributed by atoms with Gasteiger partial charge in [-0.2, -0.15) is 5.10 Å². The van der Waals surface area contributed by atoms with Gasteiger partial charge in [0.05, 0.1) is 19.0 Å². The Bertz CT molecular complexity index is 575. The molecule has 0 bridgehead atoms. The van der Waals surface area contributed by atoms with Crippen LogP contribution in [0.5, 0.6) is 0 Å². The van der Waals surface area contributed by atoms with E-state index in [4.69, 9.17) is 4.42 Å². The summed E-state index contributed by atoms with van der Waals surface area (Å²) in [5, 5.41) is 19.7. The van der Waals surface area contributed by atoms with E-state index in [9.17, 15) is 9.90 Å². The highest BCUT2D eigenvalue weighted by molar-refractivity contribution is 5.88. The molecule has 1 unspecified atom stereocenters. The Hall–Kier alpha value is -2.28. The first-order valence-corrected chi connectivity index (χ1v) is 6.86. The summed E-state index contributed by atoms with van der Waals surface area (Å²) in [5.74, 6) is 1.02. The van der Waals surface area contributed by atoms with Gasteiger partial charge in [0, 0.05) is 12.6 Å². The third-order valence-electron chi connectivity index (χ3n) is 3.04. The van der Waals surface area contributed by atoms with Gasteiger partial charge in [-0.05, 0) is 25.5 Å². The molecule has 114 valence electrons. The van der Waals surface area contributed by atoms with Gasteiger partial charge in [0.25, 0.3) is 0 Å². The van der Waals surface area contributed by atoms with E-state index in [1.54, 1.807) is 36.0 Å². The van der Waals surface area contributed by atoms with E-state index >= 15 is 0 Å². The molecule has 0 radical (unpaired) electrons. The van der Waals surface area contributed by atoms with Crippen LogP contribution in [-0.2, 0) is 12.1 Å². The SMILES string of the molecule is CCCn1nccc1NC(=O)NCC(C)(O)c1ccco1. The molecular formula is C14H20N4O3. The summed E-state index contributed by atoms with van der Waals surface area (Å²) < 4.78 is 6.86. The number of furan rings is 1. The van der Waals surface area contributed by atoms with E-state index in [-0.39, 0.29) is 6.54 Å².